The molecule has 2 aliphatic rings. The van der Waals surface area contributed by atoms with Crippen LogP contribution in [0.15, 0.2) is 33.5 Å². The second kappa shape index (κ2) is 7.57. The lowest BCUT2D eigenvalue weighted by Gasteiger charge is -2.41. The SMILES string of the molecule is CC(C)(O)[C@H]1Oc2cc3oc(=O)ccc3cc2[C@H]1O[C@@H]1O[C@H](CO)[C@@H](O)[C@H](O)[C@H]1O. The number of aliphatic hydroxyl groups excluding tert-OH is 4. The van der Waals surface area contributed by atoms with Crippen molar-refractivity contribution in [2.75, 3.05) is 6.61 Å². The minimum Gasteiger partial charge on any atom is -0.484 e. The first-order chi connectivity index (χ1) is 14.1. The summed E-state index contributed by atoms with van der Waals surface area (Å²) in [4.78, 5) is 11.5. The van der Waals surface area contributed by atoms with Crippen LogP contribution in [0.3, 0.4) is 0 Å². The van der Waals surface area contributed by atoms with Crippen molar-refractivity contribution < 1.29 is 44.2 Å². The summed E-state index contributed by atoms with van der Waals surface area (Å²) in [6.45, 7) is 2.45. The predicted octanol–water partition coefficient (Wildman–Crippen LogP) is -0.818. The van der Waals surface area contributed by atoms with E-state index in [-0.39, 0.29) is 0 Å². The minimum absolute atomic E-state index is 0.296. The fourth-order valence-corrected chi connectivity index (χ4v) is 3.78. The summed E-state index contributed by atoms with van der Waals surface area (Å²) in [6.07, 6.45) is -9.13. The maximum absolute atomic E-state index is 11.5. The van der Waals surface area contributed by atoms with E-state index in [0.717, 1.165) is 0 Å². The molecule has 0 unspecified atom stereocenters. The van der Waals surface area contributed by atoms with E-state index >= 15 is 0 Å². The van der Waals surface area contributed by atoms with Gasteiger partial charge < -0.3 is 44.2 Å². The number of benzene rings is 1. The molecule has 0 aliphatic carbocycles. The van der Waals surface area contributed by atoms with Crippen LogP contribution in [-0.2, 0) is 9.47 Å². The van der Waals surface area contributed by atoms with Gasteiger partial charge in [-0.15, -0.1) is 0 Å². The highest BCUT2D eigenvalue weighted by molar-refractivity contribution is 5.80. The van der Waals surface area contributed by atoms with Crippen molar-refractivity contribution in [1.29, 1.82) is 0 Å². The Balaban J connectivity index is 1.72. The Morgan fingerprint density at radius 1 is 1.10 bits per heavy atom. The second-order valence-electron chi connectivity index (χ2n) is 8.13. The van der Waals surface area contributed by atoms with Crippen molar-refractivity contribution in [2.45, 2.75) is 62.4 Å². The van der Waals surface area contributed by atoms with E-state index in [1.54, 1.807) is 12.1 Å². The highest BCUT2D eigenvalue weighted by Gasteiger charge is 2.50. The highest BCUT2D eigenvalue weighted by atomic mass is 16.7. The predicted molar refractivity (Wildman–Crippen MR) is 101 cm³/mol. The number of hydrogen-bond donors (Lipinski definition) is 5. The van der Waals surface area contributed by atoms with Crippen LogP contribution >= 0.6 is 0 Å². The van der Waals surface area contributed by atoms with Crippen molar-refractivity contribution >= 4 is 11.0 Å². The molecule has 3 heterocycles. The molecule has 2 aliphatic heterocycles. The van der Waals surface area contributed by atoms with E-state index in [4.69, 9.17) is 18.6 Å². The molecule has 7 atom stereocenters. The maximum Gasteiger partial charge on any atom is 0.336 e. The van der Waals surface area contributed by atoms with Gasteiger partial charge in [-0.25, -0.2) is 4.79 Å². The standard InChI is InChI=1S/C20H24O10/c1-20(2,26)18-17(30-19-16(25)15(24)14(23)12(7-21)29-19)9-5-8-3-4-13(22)27-10(8)6-11(9)28-18/h3-6,12,14-19,21,23-26H,7H2,1-2H3/t12-,14-,15+,16-,17-,18+,19+/m1/s1. The van der Waals surface area contributed by atoms with Crippen molar-refractivity contribution in [3.63, 3.8) is 0 Å². The average Bonchev–Trinajstić information content (AvgIpc) is 3.04. The largest absolute Gasteiger partial charge is 0.484 e. The Bertz CT molecular complexity index is 978. The minimum atomic E-state index is -1.60. The summed E-state index contributed by atoms with van der Waals surface area (Å²) >= 11 is 0. The van der Waals surface area contributed by atoms with Crippen LogP contribution < -0.4 is 10.4 Å². The van der Waals surface area contributed by atoms with E-state index in [2.05, 4.69) is 0 Å². The molecule has 0 spiro atoms. The Morgan fingerprint density at radius 2 is 1.83 bits per heavy atom. The van der Waals surface area contributed by atoms with Crippen LogP contribution in [0.1, 0.15) is 25.5 Å². The summed E-state index contributed by atoms with van der Waals surface area (Å²) in [5.74, 6) is 0.318. The van der Waals surface area contributed by atoms with Crippen molar-refractivity contribution in [3.8, 4) is 5.75 Å². The first-order valence-electron chi connectivity index (χ1n) is 9.53. The van der Waals surface area contributed by atoms with Crippen LogP contribution in [0.4, 0.5) is 0 Å². The third-order valence-corrected chi connectivity index (χ3v) is 5.41. The van der Waals surface area contributed by atoms with Gasteiger partial charge in [-0.3, -0.25) is 0 Å². The Labute approximate surface area is 170 Å². The van der Waals surface area contributed by atoms with E-state index in [1.807, 2.05) is 0 Å². The van der Waals surface area contributed by atoms with E-state index in [0.29, 0.717) is 22.3 Å². The molecule has 10 nitrogen and oxygen atoms in total. The number of hydrogen-bond acceptors (Lipinski definition) is 10. The normalized spacial score (nSPS) is 34.0. The zero-order valence-corrected chi connectivity index (χ0v) is 16.3. The van der Waals surface area contributed by atoms with Gasteiger partial charge in [-0.05, 0) is 26.0 Å². The summed E-state index contributed by atoms with van der Waals surface area (Å²) in [7, 11) is 0. The van der Waals surface area contributed by atoms with Gasteiger partial charge in [0.05, 0.1) is 12.2 Å². The monoisotopic (exact) mass is 424 g/mol. The third kappa shape index (κ3) is 3.60. The smallest absolute Gasteiger partial charge is 0.336 e. The molecule has 0 bridgehead atoms. The zero-order chi connectivity index (χ0) is 21.8. The van der Waals surface area contributed by atoms with Crippen LogP contribution in [0.2, 0.25) is 0 Å². The summed E-state index contributed by atoms with van der Waals surface area (Å²) in [6, 6.07) is 6.03. The Morgan fingerprint density at radius 3 is 2.50 bits per heavy atom. The van der Waals surface area contributed by atoms with Crippen LogP contribution in [0, 0.1) is 0 Å². The van der Waals surface area contributed by atoms with Crippen LogP contribution in [0.5, 0.6) is 5.75 Å². The van der Waals surface area contributed by atoms with E-state index < -0.39 is 60.7 Å². The molecule has 0 amide bonds. The molecular formula is C20H24O10. The first-order valence-corrected chi connectivity index (χ1v) is 9.53. The quantitative estimate of drug-likeness (QED) is 0.393. The van der Waals surface area contributed by atoms with Crippen molar-refractivity contribution in [1.82, 2.24) is 0 Å². The van der Waals surface area contributed by atoms with E-state index in [1.165, 1.54) is 26.0 Å². The van der Waals surface area contributed by atoms with Gasteiger partial charge in [0.1, 0.15) is 41.9 Å². The molecule has 30 heavy (non-hydrogen) atoms. The van der Waals surface area contributed by atoms with Gasteiger partial charge in [0.25, 0.3) is 0 Å². The molecule has 4 rings (SSSR count). The van der Waals surface area contributed by atoms with Gasteiger partial charge in [0.2, 0.25) is 0 Å². The molecule has 2 aromatic rings. The molecule has 1 saturated heterocycles. The lowest BCUT2D eigenvalue weighted by atomic mass is 9.93. The zero-order valence-electron chi connectivity index (χ0n) is 16.3. The Kier molecular flexibility index (Phi) is 5.35. The molecule has 164 valence electrons. The number of aliphatic hydroxyl groups is 5. The maximum atomic E-state index is 11.5. The van der Waals surface area contributed by atoms with E-state index in [9.17, 15) is 30.3 Å². The van der Waals surface area contributed by atoms with Gasteiger partial charge in [0, 0.05) is 23.1 Å². The molecule has 1 fully saturated rings. The average molecular weight is 424 g/mol. The first kappa shape index (κ1) is 21.2. The third-order valence-electron chi connectivity index (χ3n) is 5.41. The van der Waals surface area contributed by atoms with Gasteiger partial charge in [-0.2, -0.15) is 0 Å². The summed E-state index contributed by atoms with van der Waals surface area (Å²) < 4.78 is 22.4. The van der Waals surface area contributed by atoms with Crippen molar-refractivity contribution in [3.05, 3.63) is 40.2 Å². The highest BCUT2D eigenvalue weighted by Crippen LogP contribution is 2.45. The molecule has 1 aromatic heterocycles. The van der Waals surface area contributed by atoms with Crippen LogP contribution in [0.25, 0.3) is 11.0 Å². The molecule has 10 heteroatoms. The lowest BCUT2D eigenvalue weighted by molar-refractivity contribution is -0.319. The van der Waals surface area contributed by atoms with Gasteiger partial charge >= 0.3 is 5.63 Å². The fraction of sp³-hybridized carbons (Fsp3) is 0.550. The summed E-state index contributed by atoms with van der Waals surface area (Å²) in [5.41, 5.74) is -1.09. The molecule has 5 N–H and O–H groups in total. The number of ether oxygens (including phenoxy) is 3. The van der Waals surface area contributed by atoms with Crippen LogP contribution in [-0.4, -0.2) is 74.6 Å². The molecular weight excluding hydrogens is 400 g/mol. The number of rotatable bonds is 4. The van der Waals surface area contributed by atoms with Gasteiger partial charge in [0.15, 0.2) is 12.4 Å². The summed E-state index contributed by atoms with van der Waals surface area (Å²) in [5, 5.41) is 50.9. The fourth-order valence-electron chi connectivity index (χ4n) is 3.78. The lowest BCUT2D eigenvalue weighted by Crippen LogP contribution is -2.59. The van der Waals surface area contributed by atoms with Gasteiger partial charge in [-0.1, -0.05) is 0 Å². The topological polar surface area (TPSA) is 159 Å². The van der Waals surface area contributed by atoms with Crippen molar-refractivity contribution in [2.24, 2.45) is 0 Å². The second-order valence-corrected chi connectivity index (χ2v) is 8.13. The number of fused-ring (bicyclic) bond motifs is 2. The molecule has 0 saturated carbocycles. The molecule has 1 aromatic carbocycles. The Hall–Kier alpha value is -2.05. The molecule has 0 radical (unpaired) electrons.